The van der Waals surface area contributed by atoms with Crippen molar-refractivity contribution >= 4 is 29.0 Å². The summed E-state index contributed by atoms with van der Waals surface area (Å²) in [5, 5.41) is 2.57. The van der Waals surface area contributed by atoms with Crippen LogP contribution in [0, 0.1) is 0 Å². The number of ketones is 4. The van der Waals surface area contributed by atoms with Gasteiger partial charge in [0.25, 0.3) is 0 Å². The lowest BCUT2D eigenvalue weighted by Crippen LogP contribution is -2.29. The molecule has 0 aliphatic carbocycles. The highest BCUT2D eigenvalue weighted by Crippen LogP contribution is 2.09. The minimum atomic E-state index is -0.175. The van der Waals surface area contributed by atoms with E-state index in [4.69, 9.17) is 0 Å². The zero-order chi connectivity index (χ0) is 17.8. The summed E-state index contributed by atoms with van der Waals surface area (Å²) < 4.78 is 0. The molecule has 134 valence electrons. The molecule has 1 aliphatic heterocycles. The molecule has 0 radical (unpaired) electrons. The molecule has 1 amide bonds. The molecule has 6 nitrogen and oxygen atoms in total. The van der Waals surface area contributed by atoms with Crippen molar-refractivity contribution in [2.75, 3.05) is 6.54 Å². The molecule has 0 atom stereocenters. The summed E-state index contributed by atoms with van der Waals surface area (Å²) in [5.41, 5.74) is 0. The van der Waals surface area contributed by atoms with Crippen molar-refractivity contribution in [1.29, 1.82) is 0 Å². The number of hydrogen-bond donors (Lipinski definition) is 1. The first-order valence-corrected chi connectivity index (χ1v) is 8.81. The van der Waals surface area contributed by atoms with Crippen molar-refractivity contribution in [3.05, 3.63) is 0 Å². The van der Waals surface area contributed by atoms with Crippen LogP contribution in [0.1, 0.15) is 77.0 Å². The zero-order valence-corrected chi connectivity index (χ0v) is 14.2. The maximum atomic E-state index is 11.7. The second kappa shape index (κ2) is 11.6. The molecule has 1 aliphatic rings. The van der Waals surface area contributed by atoms with Crippen LogP contribution in [-0.2, 0) is 24.0 Å². The quantitative estimate of drug-likeness (QED) is 0.730. The SMILES string of the molecule is O=C1CCCCCCC(=O)NCC(=O)CCC(=O)CCC(=O)CC1. The van der Waals surface area contributed by atoms with E-state index in [2.05, 4.69) is 5.32 Å². The van der Waals surface area contributed by atoms with Crippen LogP contribution in [-0.4, -0.2) is 35.6 Å². The van der Waals surface area contributed by atoms with Gasteiger partial charge in [-0.25, -0.2) is 0 Å². The molecule has 0 aromatic carbocycles. The van der Waals surface area contributed by atoms with E-state index in [0.29, 0.717) is 12.8 Å². The van der Waals surface area contributed by atoms with Crippen molar-refractivity contribution < 1.29 is 24.0 Å². The highest BCUT2D eigenvalue weighted by atomic mass is 16.2. The van der Waals surface area contributed by atoms with Gasteiger partial charge < -0.3 is 5.32 Å². The van der Waals surface area contributed by atoms with E-state index >= 15 is 0 Å². The van der Waals surface area contributed by atoms with E-state index in [1.165, 1.54) is 0 Å². The van der Waals surface area contributed by atoms with Crippen molar-refractivity contribution in [1.82, 2.24) is 5.32 Å². The Morgan fingerprint density at radius 3 is 1.42 bits per heavy atom. The summed E-state index contributed by atoms with van der Waals surface area (Å²) in [5.74, 6) is -0.461. The van der Waals surface area contributed by atoms with E-state index in [-0.39, 0.29) is 74.1 Å². The fraction of sp³-hybridized carbons (Fsp3) is 0.722. The lowest BCUT2D eigenvalue weighted by atomic mass is 10.0. The third-order valence-electron chi connectivity index (χ3n) is 4.14. The molecule has 0 aromatic rings. The summed E-state index contributed by atoms with van der Waals surface area (Å²) in [4.78, 5) is 58.3. The molecule has 0 aromatic heterocycles. The van der Waals surface area contributed by atoms with Crippen molar-refractivity contribution in [3.63, 3.8) is 0 Å². The molecular weight excluding hydrogens is 310 g/mol. The molecule has 1 rings (SSSR count). The predicted molar refractivity (Wildman–Crippen MR) is 88.4 cm³/mol. The molecule has 24 heavy (non-hydrogen) atoms. The molecule has 6 heteroatoms. The van der Waals surface area contributed by atoms with Gasteiger partial charge in [0, 0.05) is 51.4 Å². The van der Waals surface area contributed by atoms with Crippen LogP contribution in [0.2, 0.25) is 0 Å². The predicted octanol–water partition coefficient (Wildman–Crippen LogP) is 2.07. The van der Waals surface area contributed by atoms with Crippen LogP contribution in [0.3, 0.4) is 0 Å². The van der Waals surface area contributed by atoms with E-state index in [0.717, 1.165) is 25.7 Å². The average Bonchev–Trinajstić information content (AvgIpc) is 2.56. The number of carbonyl (C=O) groups is 5. The second-order valence-electron chi connectivity index (χ2n) is 6.35. The van der Waals surface area contributed by atoms with Gasteiger partial charge in [-0.3, -0.25) is 24.0 Å². The zero-order valence-electron chi connectivity index (χ0n) is 14.2. The van der Waals surface area contributed by atoms with Gasteiger partial charge in [0.1, 0.15) is 17.3 Å². The first kappa shape index (κ1) is 20.2. The topological polar surface area (TPSA) is 97.4 Å². The van der Waals surface area contributed by atoms with Crippen LogP contribution < -0.4 is 5.32 Å². The lowest BCUT2D eigenvalue weighted by Gasteiger charge is -2.04. The largest absolute Gasteiger partial charge is 0.349 e. The maximum absolute atomic E-state index is 11.7. The van der Waals surface area contributed by atoms with Crippen LogP contribution in [0.15, 0.2) is 0 Å². The van der Waals surface area contributed by atoms with Gasteiger partial charge >= 0.3 is 0 Å². The van der Waals surface area contributed by atoms with Gasteiger partial charge in [-0.2, -0.15) is 0 Å². The van der Waals surface area contributed by atoms with Gasteiger partial charge in [-0.05, 0) is 12.8 Å². The fourth-order valence-corrected chi connectivity index (χ4v) is 2.55. The monoisotopic (exact) mass is 337 g/mol. The van der Waals surface area contributed by atoms with E-state index < -0.39 is 0 Å². The van der Waals surface area contributed by atoms with Gasteiger partial charge in [-0.15, -0.1) is 0 Å². The van der Waals surface area contributed by atoms with E-state index in [9.17, 15) is 24.0 Å². The molecule has 0 bridgehead atoms. The fourth-order valence-electron chi connectivity index (χ4n) is 2.55. The average molecular weight is 337 g/mol. The van der Waals surface area contributed by atoms with Gasteiger partial charge in [0.2, 0.25) is 5.91 Å². The number of carbonyl (C=O) groups excluding carboxylic acids is 5. The molecule has 0 saturated carbocycles. The Morgan fingerprint density at radius 1 is 0.458 bits per heavy atom. The molecule has 1 fully saturated rings. The number of amides is 1. The van der Waals surface area contributed by atoms with Crippen LogP contribution in [0.25, 0.3) is 0 Å². The highest BCUT2D eigenvalue weighted by molar-refractivity contribution is 5.91. The summed E-state index contributed by atoms with van der Waals surface area (Å²) in [6, 6.07) is 0. The molecule has 1 N–H and O–H groups in total. The Bertz CT molecular complexity index is 442. The number of hydrogen-bond acceptors (Lipinski definition) is 5. The Balaban J connectivity index is 2.46. The van der Waals surface area contributed by atoms with Crippen molar-refractivity contribution in [2.45, 2.75) is 77.0 Å². The first-order chi connectivity index (χ1) is 11.5. The third-order valence-corrected chi connectivity index (χ3v) is 4.14. The van der Waals surface area contributed by atoms with Crippen LogP contribution in [0.5, 0.6) is 0 Å². The lowest BCUT2D eigenvalue weighted by molar-refractivity contribution is -0.127. The summed E-state index contributed by atoms with van der Waals surface area (Å²) in [7, 11) is 0. The molecule has 0 spiro atoms. The highest BCUT2D eigenvalue weighted by Gasteiger charge is 2.12. The number of Topliss-reactive ketones (excluding diaryl/α,β-unsaturated/α-hetero) is 4. The maximum Gasteiger partial charge on any atom is 0.220 e. The minimum Gasteiger partial charge on any atom is -0.349 e. The molecule has 1 saturated heterocycles. The minimum absolute atomic E-state index is 0.0421. The Morgan fingerprint density at radius 2 is 0.875 bits per heavy atom. The third kappa shape index (κ3) is 10.0. The Hall–Kier alpha value is -1.85. The molecular formula is C18H27NO5. The van der Waals surface area contributed by atoms with Gasteiger partial charge in [-0.1, -0.05) is 12.8 Å². The Labute approximate surface area is 142 Å². The Kier molecular flexibility index (Phi) is 9.80. The van der Waals surface area contributed by atoms with Crippen molar-refractivity contribution in [3.8, 4) is 0 Å². The number of nitrogens with one attached hydrogen (secondary N) is 1. The standard InChI is InChI=1S/C18H27NO5/c20-14-5-3-1-2-4-6-18(24)19-13-17(23)12-11-16(22)10-9-15(21)8-7-14/h1-13H2,(H,19,24). The number of rotatable bonds is 0. The summed E-state index contributed by atoms with van der Waals surface area (Å²) in [6.45, 7) is -0.0421. The van der Waals surface area contributed by atoms with Crippen LogP contribution >= 0.6 is 0 Å². The summed E-state index contributed by atoms with van der Waals surface area (Å²) in [6.07, 6.45) is 4.95. The molecule has 1 heterocycles. The molecule has 0 unspecified atom stereocenters. The normalized spacial score (nSPS) is 21.6. The van der Waals surface area contributed by atoms with Crippen molar-refractivity contribution in [2.24, 2.45) is 0 Å². The van der Waals surface area contributed by atoms with Crippen LogP contribution in [0.4, 0.5) is 0 Å². The smallest absolute Gasteiger partial charge is 0.220 e. The van der Waals surface area contributed by atoms with E-state index in [1.54, 1.807) is 0 Å². The van der Waals surface area contributed by atoms with Gasteiger partial charge in [0.15, 0.2) is 5.78 Å². The first-order valence-electron chi connectivity index (χ1n) is 8.81. The second-order valence-corrected chi connectivity index (χ2v) is 6.35. The van der Waals surface area contributed by atoms with E-state index in [1.807, 2.05) is 0 Å². The summed E-state index contributed by atoms with van der Waals surface area (Å²) >= 11 is 0. The van der Waals surface area contributed by atoms with Gasteiger partial charge in [0.05, 0.1) is 6.54 Å².